The molecule has 2 N–H and O–H groups in total. The van der Waals surface area contributed by atoms with E-state index >= 15 is 0 Å². The first-order valence-corrected chi connectivity index (χ1v) is 11.7. The van der Waals surface area contributed by atoms with Crippen molar-refractivity contribution in [2.45, 2.75) is 12.8 Å². The monoisotopic (exact) mass is 483 g/mol. The lowest BCUT2D eigenvalue weighted by atomic mass is 10.0. The van der Waals surface area contributed by atoms with Crippen molar-refractivity contribution in [1.29, 1.82) is 0 Å². The highest BCUT2D eigenvalue weighted by Crippen LogP contribution is 2.46. The molecule has 2 aromatic carbocycles. The minimum absolute atomic E-state index is 0.101. The summed E-state index contributed by atoms with van der Waals surface area (Å²) < 4.78 is 0. The lowest BCUT2D eigenvalue weighted by molar-refractivity contribution is -0.268. The van der Waals surface area contributed by atoms with Crippen molar-refractivity contribution >= 4 is 56.2 Å². The number of aromatic nitrogens is 1. The molecule has 4 rings (SSSR count). The zero-order valence-electron chi connectivity index (χ0n) is 20.0. The smallest absolute Gasteiger partial charge is 0.180 e. The SMILES string of the molecule is CN(C)CCCN1C(=S)N(CCCN(C)C)c2c3cc([O-])ccc3nc3c(N(O)O)ccc1c23. The molecule has 0 saturated heterocycles. The fraction of sp³-hybridized carbons (Fsp3) is 0.417. The number of anilines is 3. The zero-order valence-corrected chi connectivity index (χ0v) is 20.8. The maximum absolute atomic E-state index is 12.3. The van der Waals surface area contributed by atoms with E-state index in [1.54, 1.807) is 18.2 Å². The Bertz CT molecular complexity index is 1220. The Morgan fingerprint density at radius 3 is 2.21 bits per heavy atom. The topological polar surface area (TPSA) is 92.6 Å². The fourth-order valence-corrected chi connectivity index (χ4v) is 4.87. The molecule has 9 nitrogen and oxygen atoms in total. The van der Waals surface area contributed by atoms with Gasteiger partial charge >= 0.3 is 0 Å². The summed E-state index contributed by atoms with van der Waals surface area (Å²) in [4.78, 5) is 13.2. The lowest BCUT2D eigenvalue weighted by Crippen LogP contribution is -2.48. The Kier molecular flexibility index (Phi) is 7.06. The van der Waals surface area contributed by atoms with Gasteiger partial charge in [0.25, 0.3) is 0 Å². The van der Waals surface area contributed by atoms with Gasteiger partial charge in [-0.1, -0.05) is 12.1 Å². The van der Waals surface area contributed by atoms with Gasteiger partial charge in [0.15, 0.2) is 5.11 Å². The van der Waals surface area contributed by atoms with Crippen molar-refractivity contribution in [3.8, 4) is 5.75 Å². The predicted octanol–water partition coefficient (Wildman–Crippen LogP) is 2.86. The predicted molar refractivity (Wildman–Crippen MR) is 138 cm³/mol. The molecule has 0 bridgehead atoms. The minimum Gasteiger partial charge on any atom is -0.872 e. The Balaban J connectivity index is 1.97. The van der Waals surface area contributed by atoms with E-state index in [9.17, 15) is 15.5 Å². The van der Waals surface area contributed by atoms with Gasteiger partial charge in [-0.05, 0) is 84.5 Å². The highest BCUT2D eigenvalue weighted by molar-refractivity contribution is 7.80. The Morgan fingerprint density at radius 1 is 0.941 bits per heavy atom. The third kappa shape index (κ3) is 4.59. The van der Waals surface area contributed by atoms with E-state index in [1.165, 1.54) is 6.07 Å². The Morgan fingerprint density at radius 2 is 1.59 bits per heavy atom. The van der Waals surface area contributed by atoms with Crippen LogP contribution in [0.5, 0.6) is 5.75 Å². The number of benzene rings is 2. The fourth-order valence-electron chi connectivity index (χ4n) is 4.50. The van der Waals surface area contributed by atoms with Crippen LogP contribution in [0.25, 0.3) is 21.8 Å². The maximum atomic E-state index is 12.3. The van der Waals surface area contributed by atoms with Crippen LogP contribution in [0.1, 0.15) is 12.8 Å². The van der Waals surface area contributed by atoms with Gasteiger partial charge < -0.3 is 24.7 Å². The number of nitrogens with zero attached hydrogens (tertiary/aromatic N) is 6. The molecule has 0 unspecified atom stereocenters. The highest BCUT2D eigenvalue weighted by atomic mass is 32.1. The lowest BCUT2D eigenvalue weighted by Gasteiger charge is -2.41. The van der Waals surface area contributed by atoms with E-state index in [0.717, 1.165) is 42.7 Å². The van der Waals surface area contributed by atoms with Crippen LogP contribution in [0.3, 0.4) is 0 Å². The highest BCUT2D eigenvalue weighted by Gasteiger charge is 2.32. The molecule has 0 saturated carbocycles. The number of thiocarbonyl (C=S) groups is 1. The van der Waals surface area contributed by atoms with Gasteiger partial charge in [-0.15, -0.1) is 11.0 Å². The average Bonchev–Trinajstić information content (AvgIpc) is 2.76. The van der Waals surface area contributed by atoms with Crippen molar-refractivity contribution in [2.24, 2.45) is 0 Å². The van der Waals surface area contributed by atoms with E-state index in [2.05, 4.69) is 19.6 Å². The van der Waals surface area contributed by atoms with Gasteiger partial charge in [-0.3, -0.25) is 10.4 Å². The van der Waals surface area contributed by atoms with E-state index in [1.807, 2.05) is 34.3 Å². The number of rotatable bonds is 9. The number of pyridine rings is 1. The summed E-state index contributed by atoms with van der Waals surface area (Å²) in [5.74, 6) is -0.110. The van der Waals surface area contributed by atoms with Crippen molar-refractivity contribution in [2.75, 3.05) is 69.4 Å². The van der Waals surface area contributed by atoms with Crippen LogP contribution in [0.4, 0.5) is 17.1 Å². The summed E-state index contributed by atoms with van der Waals surface area (Å²) >= 11 is 6.03. The molecule has 0 aliphatic carbocycles. The standard InChI is InChI=1S/C24H32N6O3S/c1-26(2)11-5-13-28-19-9-10-20(30(32)33)22-21(19)23(17-15-16(31)7-8-18(17)25-22)29(24(28)34)14-6-12-27(3)4/h7-10,15,31-33H,5-6,11-14H2,1-4H3/p-1. The van der Waals surface area contributed by atoms with Crippen LogP contribution >= 0.6 is 12.2 Å². The van der Waals surface area contributed by atoms with E-state index < -0.39 is 0 Å². The first-order valence-electron chi connectivity index (χ1n) is 11.3. The van der Waals surface area contributed by atoms with Crippen molar-refractivity contribution in [1.82, 2.24) is 14.8 Å². The van der Waals surface area contributed by atoms with Gasteiger partial charge in [-0.2, -0.15) is 0 Å². The summed E-state index contributed by atoms with van der Waals surface area (Å²) in [7, 11) is 8.14. The molecular weight excluding hydrogens is 452 g/mol. The third-order valence-corrected chi connectivity index (χ3v) is 6.48. The Labute approximate surface area is 204 Å². The molecule has 0 spiro atoms. The molecule has 1 aliphatic heterocycles. The third-order valence-electron chi connectivity index (χ3n) is 6.04. The van der Waals surface area contributed by atoms with Gasteiger partial charge in [0.1, 0.15) is 11.2 Å². The zero-order chi connectivity index (χ0) is 24.6. The molecule has 0 radical (unpaired) electrons. The summed E-state index contributed by atoms with van der Waals surface area (Å²) in [6.45, 7) is 3.15. The number of hydrogen-bond donors (Lipinski definition) is 2. The first-order chi connectivity index (χ1) is 16.2. The molecule has 2 heterocycles. The molecule has 3 aromatic rings. The van der Waals surface area contributed by atoms with Crippen molar-refractivity contribution in [3.05, 3.63) is 30.3 Å². The number of fused-ring (bicyclic) bond motifs is 2. The van der Waals surface area contributed by atoms with Crippen LogP contribution in [0, 0.1) is 0 Å². The summed E-state index contributed by atoms with van der Waals surface area (Å²) in [6, 6.07) is 8.21. The quantitative estimate of drug-likeness (QED) is 0.269. The largest absolute Gasteiger partial charge is 0.872 e. The second-order valence-corrected chi connectivity index (χ2v) is 9.52. The first kappa shape index (κ1) is 24.4. The molecular formula is C24H31N6O3S-. The molecule has 10 heteroatoms. The molecule has 0 atom stereocenters. The summed E-state index contributed by atoms with van der Waals surface area (Å²) in [5, 5.41) is 34.4. The van der Waals surface area contributed by atoms with Gasteiger partial charge in [0.05, 0.1) is 22.3 Å². The maximum Gasteiger partial charge on any atom is 0.180 e. The van der Waals surface area contributed by atoms with Crippen molar-refractivity contribution in [3.63, 3.8) is 0 Å². The molecule has 0 fully saturated rings. The van der Waals surface area contributed by atoms with Crippen LogP contribution in [-0.2, 0) is 0 Å². The molecule has 0 amide bonds. The normalized spacial score (nSPS) is 13.7. The number of hydrogen-bond acceptors (Lipinski definition) is 8. The van der Waals surface area contributed by atoms with Gasteiger partial charge in [0.2, 0.25) is 0 Å². The van der Waals surface area contributed by atoms with Gasteiger partial charge in [-0.25, -0.2) is 4.98 Å². The second kappa shape index (κ2) is 9.85. The second-order valence-electron chi connectivity index (χ2n) is 9.16. The summed E-state index contributed by atoms with van der Waals surface area (Å²) in [5.41, 5.74) is 2.87. The Hall–Kier alpha value is -2.76. The molecule has 34 heavy (non-hydrogen) atoms. The summed E-state index contributed by atoms with van der Waals surface area (Å²) in [6.07, 6.45) is 1.76. The van der Waals surface area contributed by atoms with Gasteiger partial charge in [0, 0.05) is 18.5 Å². The van der Waals surface area contributed by atoms with Crippen LogP contribution < -0.4 is 20.1 Å². The minimum atomic E-state index is -0.110. The van der Waals surface area contributed by atoms with Crippen molar-refractivity contribution < 1.29 is 15.5 Å². The molecule has 182 valence electrons. The van der Waals surface area contributed by atoms with Crippen LogP contribution in [0.2, 0.25) is 0 Å². The van der Waals surface area contributed by atoms with E-state index in [-0.39, 0.29) is 16.7 Å². The molecule has 1 aromatic heterocycles. The van der Waals surface area contributed by atoms with Crippen LogP contribution in [0.15, 0.2) is 30.3 Å². The van der Waals surface area contributed by atoms with E-state index in [4.69, 9.17) is 17.2 Å². The van der Waals surface area contributed by atoms with Crippen LogP contribution in [-0.4, -0.2) is 84.7 Å². The molecule has 1 aliphatic rings. The average molecular weight is 484 g/mol. The van der Waals surface area contributed by atoms with E-state index in [0.29, 0.717) is 34.6 Å².